The monoisotopic (exact) mass is 268 g/mol. The first-order valence-corrected chi connectivity index (χ1v) is 7.97. The normalized spacial score (nSPS) is 20.3. The first kappa shape index (κ1) is 13.4. The third-order valence-electron chi connectivity index (χ3n) is 3.28. The summed E-state index contributed by atoms with van der Waals surface area (Å²) in [5.41, 5.74) is 2.40. The SMILES string of the molecule is CCS(=O)(=O)NC1CCN(c2cccc(C)c2)C1. The van der Waals surface area contributed by atoms with Crippen LogP contribution in [0.5, 0.6) is 0 Å². The Morgan fingerprint density at radius 2 is 2.22 bits per heavy atom. The van der Waals surface area contributed by atoms with Crippen LogP contribution < -0.4 is 9.62 Å². The fourth-order valence-corrected chi connectivity index (χ4v) is 3.12. The summed E-state index contributed by atoms with van der Waals surface area (Å²) in [5, 5.41) is 0. The molecule has 0 spiro atoms. The van der Waals surface area contributed by atoms with Crippen molar-refractivity contribution in [1.82, 2.24) is 4.72 Å². The van der Waals surface area contributed by atoms with Crippen molar-refractivity contribution in [1.29, 1.82) is 0 Å². The molecule has 1 aromatic carbocycles. The van der Waals surface area contributed by atoms with Crippen molar-refractivity contribution < 1.29 is 8.42 Å². The summed E-state index contributed by atoms with van der Waals surface area (Å²) in [4.78, 5) is 2.23. The lowest BCUT2D eigenvalue weighted by Crippen LogP contribution is -2.37. The molecule has 0 bridgehead atoms. The molecule has 1 aliphatic heterocycles. The molecule has 1 fully saturated rings. The number of hydrogen-bond donors (Lipinski definition) is 1. The topological polar surface area (TPSA) is 49.4 Å². The lowest BCUT2D eigenvalue weighted by Gasteiger charge is -2.19. The van der Waals surface area contributed by atoms with Crippen LogP contribution >= 0.6 is 0 Å². The van der Waals surface area contributed by atoms with E-state index in [1.54, 1.807) is 6.92 Å². The Balaban J connectivity index is 2.01. The molecule has 0 saturated carbocycles. The molecule has 4 nitrogen and oxygen atoms in total. The second-order valence-corrected chi connectivity index (χ2v) is 6.83. The molecule has 100 valence electrons. The molecule has 1 saturated heterocycles. The average Bonchev–Trinajstić information content (AvgIpc) is 2.77. The Kier molecular flexibility index (Phi) is 3.92. The van der Waals surface area contributed by atoms with Gasteiger partial charge in [0.15, 0.2) is 0 Å². The number of rotatable bonds is 4. The summed E-state index contributed by atoms with van der Waals surface area (Å²) in [6, 6.07) is 8.35. The first-order valence-electron chi connectivity index (χ1n) is 6.32. The van der Waals surface area contributed by atoms with Gasteiger partial charge in [-0.1, -0.05) is 12.1 Å². The van der Waals surface area contributed by atoms with E-state index < -0.39 is 10.0 Å². The number of hydrogen-bond acceptors (Lipinski definition) is 3. The van der Waals surface area contributed by atoms with Crippen molar-refractivity contribution in [3.8, 4) is 0 Å². The largest absolute Gasteiger partial charge is 0.370 e. The van der Waals surface area contributed by atoms with Crippen LogP contribution in [0.25, 0.3) is 0 Å². The van der Waals surface area contributed by atoms with Crippen molar-refractivity contribution in [2.75, 3.05) is 23.7 Å². The summed E-state index contributed by atoms with van der Waals surface area (Å²) >= 11 is 0. The van der Waals surface area contributed by atoms with Crippen LogP contribution in [-0.2, 0) is 10.0 Å². The number of sulfonamides is 1. The molecule has 1 N–H and O–H groups in total. The zero-order valence-corrected chi connectivity index (χ0v) is 11.7. The number of benzene rings is 1. The highest BCUT2D eigenvalue weighted by atomic mass is 32.2. The van der Waals surface area contributed by atoms with Gasteiger partial charge in [-0.2, -0.15) is 0 Å². The predicted octanol–water partition coefficient (Wildman–Crippen LogP) is 1.51. The number of anilines is 1. The summed E-state index contributed by atoms with van der Waals surface area (Å²) < 4.78 is 25.8. The fraction of sp³-hybridized carbons (Fsp3) is 0.538. The highest BCUT2D eigenvalue weighted by molar-refractivity contribution is 7.89. The van der Waals surface area contributed by atoms with Gasteiger partial charge in [0.2, 0.25) is 10.0 Å². The maximum absolute atomic E-state index is 11.5. The van der Waals surface area contributed by atoms with Crippen molar-refractivity contribution in [2.45, 2.75) is 26.3 Å². The van der Waals surface area contributed by atoms with Crippen LogP contribution in [-0.4, -0.2) is 33.3 Å². The average molecular weight is 268 g/mol. The molecule has 1 unspecified atom stereocenters. The molecule has 0 aliphatic carbocycles. The summed E-state index contributed by atoms with van der Waals surface area (Å²) in [6.45, 7) is 5.38. The molecule has 1 aliphatic rings. The molecule has 5 heteroatoms. The molecule has 2 rings (SSSR count). The van der Waals surface area contributed by atoms with E-state index in [1.165, 1.54) is 11.3 Å². The molecule has 1 heterocycles. The van der Waals surface area contributed by atoms with Gasteiger partial charge >= 0.3 is 0 Å². The second kappa shape index (κ2) is 5.28. The van der Waals surface area contributed by atoms with Crippen molar-refractivity contribution in [3.63, 3.8) is 0 Å². The molecule has 1 atom stereocenters. The summed E-state index contributed by atoms with van der Waals surface area (Å²) in [7, 11) is -3.09. The Labute approximate surface area is 109 Å². The van der Waals surface area contributed by atoms with Gasteiger partial charge in [-0.3, -0.25) is 0 Å². The second-order valence-electron chi connectivity index (χ2n) is 4.79. The van der Waals surface area contributed by atoms with Gasteiger partial charge in [0, 0.05) is 24.8 Å². The minimum absolute atomic E-state index is 0.0375. The van der Waals surface area contributed by atoms with Gasteiger partial charge in [0.1, 0.15) is 0 Å². The van der Waals surface area contributed by atoms with E-state index in [0.717, 1.165) is 19.5 Å². The maximum Gasteiger partial charge on any atom is 0.211 e. The highest BCUT2D eigenvalue weighted by Crippen LogP contribution is 2.21. The Morgan fingerprint density at radius 3 is 2.89 bits per heavy atom. The summed E-state index contributed by atoms with van der Waals surface area (Å²) in [5.74, 6) is 0.147. The Morgan fingerprint density at radius 1 is 1.44 bits per heavy atom. The third-order valence-corrected chi connectivity index (χ3v) is 4.73. The van der Waals surface area contributed by atoms with E-state index in [-0.39, 0.29) is 11.8 Å². The van der Waals surface area contributed by atoms with E-state index in [0.29, 0.717) is 0 Å². The minimum Gasteiger partial charge on any atom is -0.370 e. The van der Waals surface area contributed by atoms with Gasteiger partial charge in [-0.05, 0) is 38.0 Å². The lowest BCUT2D eigenvalue weighted by molar-refractivity contribution is 0.562. The quantitative estimate of drug-likeness (QED) is 0.900. The van der Waals surface area contributed by atoms with E-state index >= 15 is 0 Å². The summed E-state index contributed by atoms with van der Waals surface area (Å²) in [6.07, 6.45) is 0.868. The molecule has 0 amide bonds. The standard InChI is InChI=1S/C13H20N2O2S/c1-3-18(16,17)14-12-7-8-15(10-12)13-6-4-5-11(2)9-13/h4-6,9,12,14H,3,7-8,10H2,1-2H3. The lowest BCUT2D eigenvalue weighted by atomic mass is 10.2. The third kappa shape index (κ3) is 3.23. The number of nitrogens with zero attached hydrogens (tertiary/aromatic N) is 1. The zero-order valence-electron chi connectivity index (χ0n) is 10.9. The van der Waals surface area contributed by atoms with Crippen LogP contribution in [0.4, 0.5) is 5.69 Å². The van der Waals surface area contributed by atoms with Crippen molar-refractivity contribution in [2.24, 2.45) is 0 Å². The Hall–Kier alpha value is -1.07. The van der Waals surface area contributed by atoms with Crippen LogP contribution in [0, 0.1) is 6.92 Å². The zero-order chi connectivity index (χ0) is 13.2. The van der Waals surface area contributed by atoms with E-state index in [4.69, 9.17) is 0 Å². The van der Waals surface area contributed by atoms with E-state index in [1.807, 2.05) is 6.07 Å². The first-order chi connectivity index (χ1) is 8.50. The van der Waals surface area contributed by atoms with Crippen LogP contribution in [0.1, 0.15) is 18.9 Å². The van der Waals surface area contributed by atoms with Gasteiger partial charge < -0.3 is 4.90 Å². The molecular formula is C13H20N2O2S. The number of nitrogens with one attached hydrogen (secondary N) is 1. The van der Waals surface area contributed by atoms with Gasteiger partial charge in [0.25, 0.3) is 0 Å². The highest BCUT2D eigenvalue weighted by Gasteiger charge is 2.25. The molecule has 1 aromatic rings. The molecule has 0 aromatic heterocycles. The van der Waals surface area contributed by atoms with Crippen molar-refractivity contribution >= 4 is 15.7 Å². The number of aryl methyl sites for hydroxylation is 1. The van der Waals surface area contributed by atoms with E-state index in [2.05, 4.69) is 34.7 Å². The maximum atomic E-state index is 11.5. The van der Waals surface area contributed by atoms with Crippen LogP contribution in [0.3, 0.4) is 0 Å². The molecule has 0 radical (unpaired) electrons. The van der Waals surface area contributed by atoms with Gasteiger partial charge in [-0.15, -0.1) is 0 Å². The minimum atomic E-state index is -3.09. The van der Waals surface area contributed by atoms with Crippen molar-refractivity contribution in [3.05, 3.63) is 29.8 Å². The molecule has 18 heavy (non-hydrogen) atoms. The van der Waals surface area contributed by atoms with Gasteiger partial charge in [-0.25, -0.2) is 13.1 Å². The smallest absolute Gasteiger partial charge is 0.211 e. The predicted molar refractivity (Wildman–Crippen MR) is 74.4 cm³/mol. The van der Waals surface area contributed by atoms with Crippen LogP contribution in [0.2, 0.25) is 0 Å². The van der Waals surface area contributed by atoms with E-state index in [9.17, 15) is 8.42 Å². The van der Waals surface area contributed by atoms with Gasteiger partial charge in [0.05, 0.1) is 5.75 Å². The Bertz CT molecular complexity index is 513. The van der Waals surface area contributed by atoms with Crippen LogP contribution in [0.15, 0.2) is 24.3 Å². The molecular weight excluding hydrogens is 248 g/mol. The fourth-order valence-electron chi connectivity index (χ4n) is 2.25.